The third kappa shape index (κ3) is 10.8. The zero-order chi connectivity index (χ0) is 43.5. The molecule has 0 bridgehead atoms. The molecule has 15 nitrogen and oxygen atoms in total. The summed E-state index contributed by atoms with van der Waals surface area (Å²) >= 11 is 6.35. The zero-order valence-electron chi connectivity index (χ0n) is 31.8. The Labute approximate surface area is 348 Å². The first-order valence-corrected chi connectivity index (χ1v) is 18.3. The van der Waals surface area contributed by atoms with Crippen LogP contribution in [0.1, 0.15) is 77.6 Å². The van der Waals surface area contributed by atoms with E-state index in [1.807, 2.05) is 6.07 Å². The van der Waals surface area contributed by atoms with Crippen molar-refractivity contribution in [2.24, 2.45) is 0 Å². The molecule has 5 aromatic rings. The molecular formula is C44H35ClN6O9. The predicted molar refractivity (Wildman–Crippen MR) is 224 cm³/mol. The summed E-state index contributed by atoms with van der Waals surface area (Å²) in [5.74, 6) is -2.71. The number of carboxylic acid groups (broad SMARTS) is 1. The second-order valence-corrected chi connectivity index (χ2v) is 13.5. The highest BCUT2D eigenvalue weighted by molar-refractivity contribution is 6.34. The van der Waals surface area contributed by atoms with Crippen LogP contribution in [0.3, 0.4) is 0 Å². The van der Waals surface area contributed by atoms with Gasteiger partial charge in [0.15, 0.2) is 11.5 Å². The molecule has 0 fully saturated rings. The van der Waals surface area contributed by atoms with Crippen LogP contribution in [-0.4, -0.2) is 57.9 Å². The average molecular weight is 827 g/mol. The number of carboxylic acids is 1. The molecule has 0 aliphatic rings. The first kappa shape index (κ1) is 43.0. The Bertz CT molecular complexity index is 2560. The molecule has 0 unspecified atom stereocenters. The molecule has 0 spiro atoms. The molecule has 0 radical (unpaired) electrons. The van der Waals surface area contributed by atoms with Crippen LogP contribution in [-0.2, 0) is 4.79 Å². The third-order valence-corrected chi connectivity index (χ3v) is 8.79. The first-order valence-electron chi connectivity index (χ1n) is 17.9. The van der Waals surface area contributed by atoms with Crippen molar-refractivity contribution in [1.29, 1.82) is 5.26 Å². The second kappa shape index (κ2) is 19.3. The van der Waals surface area contributed by atoms with E-state index in [0.29, 0.717) is 11.3 Å². The number of phenolic OH excluding ortho intramolecular Hbond substituents is 1. The van der Waals surface area contributed by atoms with Crippen LogP contribution in [0.4, 0.5) is 22.7 Å². The van der Waals surface area contributed by atoms with Crippen molar-refractivity contribution in [3.8, 4) is 29.9 Å². The number of phenols is 1. The van der Waals surface area contributed by atoms with Gasteiger partial charge in [0.1, 0.15) is 6.04 Å². The van der Waals surface area contributed by atoms with Crippen molar-refractivity contribution in [3.63, 3.8) is 0 Å². The predicted octanol–water partition coefficient (Wildman–Crippen LogP) is 6.92. The van der Waals surface area contributed by atoms with Gasteiger partial charge in [-0.25, -0.2) is 4.79 Å². The first-order chi connectivity index (χ1) is 28.7. The smallest absolute Gasteiger partial charge is 0.335 e. The van der Waals surface area contributed by atoms with Crippen molar-refractivity contribution < 1.29 is 43.7 Å². The summed E-state index contributed by atoms with van der Waals surface area (Å²) in [7, 11) is 0. The number of halogens is 1. The number of ether oxygens (including phenoxy) is 1. The van der Waals surface area contributed by atoms with Crippen LogP contribution in [0.2, 0.25) is 5.02 Å². The van der Waals surface area contributed by atoms with E-state index in [0.717, 1.165) is 0 Å². The van der Waals surface area contributed by atoms with Gasteiger partial charge in [-0.2, -0.15) is 5.26 Å². The molecule has 7 N–H and O–H groups in total. The van der Waals surface area contributed by atoms with Crippen LogP contribution in [0.25, 0.3) is 0 Å². The Morgan fingerprint density at radius 1 is 0.700 bits per heavy atom. The number of hydrogen-bond donors (Lipinski definition) is 7. The molecule has 0 saturated carbocycles. The highest BCUT2D eigenvalue weighted by Crippen LogP contribution is 2.39. The molecular weight excluding hydrogens is 792 g/mol. The SMILES string of the molecule is C#CC[C@H](NC(=O)c1ccc(C(=O)Nc2ccc(C#N)cc2)c(Cl)c1)C(=O)Nc1ccc(C(=O)Nc2ccc(C(=O)Nc3ccc(C(=O)O)cc3)c(O)c2OC(C)C)cc1. The van der Waals surface area contributed by atoms with E-state index in [1.165, 1.54) is 78.9 Å². The number of carbonyl (C=O) groups is 6. The van der Waals surface area contributed by atoms with Gasteiger partial charge in [-0.3, -0.25) is 24.0 Å². The Morgan fingerprint density at radius 2 is 1.23 bits per heavy atom. The number of nitriles is 1. The minimum atomic E-state index is -1.18. The Balaban J connectivity index is 1.21. The largest absolute Gasteiger partial charge is 0.504 e. The molecule has 60 heavy (non-hydrogen) atoms. The highest BCUT2D eigenvalue weighted by atomic mass is 35.5. The van der Waals surface area contributed by atoms with E-state index < -0.39 is 53.4 Å². The number of amides is 5. The zero-order valence-corrected chi connectivity index (χ0v) is 32.6. The summed E-state index contributed by atoms with van der Waals surface area (Å²) in [4.78, 5) is 76.7. The lowest BCUT2D eigenvalue weighted by atomic mass is 10.1. The molecule has 0 aliphatic heterocycles. The molecule has 0 aliphatic carbocycles. The molecule has 1 atom stereocenters. The Kier molecular flexibility index (Phi) is 13.9. The van der Waals surface area contributed by atoms with E-state index in [4.69, 9.17) is 33.1 Å². The summed E-state index contributed by atoms with van der Waals surface area (Å²) in [6, 6.07) is 24.8. The van der Waals surface area contributed by atoms with Crippen molar-refractivity contribution in [3.05, 3.63) is 142 Å². The second-order valence-electron chi connectivity index (χ2n) is 13.1. The van der Waals surface area contributed by atoms with Crippen molar-refractivity contribution >= 4 is 69.9 Å². The molecule has 16 heteroatoms. The molecule has 0 aromatic heterocycles. The Hall–Kier alpha value is -8.14. The van der Waals surface area contributed by atoms with Gasteiger partial charge in [0.25, 0.3) is 23.6 Å². The van der Waals surface area contributed by atoms with Crippen LogP contribution in [0.15, 0.2) is 103 Å². The van der Waals surface area contributed by atoms with Gasteiger partial charge in [-0.1, -0.05) is 11.6 Å². The number of aromatic carboxylic acids is 1. The molecule has 302 valence electrons. The van der Waals surface area contributed by atoms with E-state index in [9.17, 15) is 33.9 Å². The summed E-state index contributed by atoms with van der Waals surface area (Å²) < 4.78 is 5.77. The van der Waals surface area contributed by atoms with Gasteiger partial charge in [-0.05, 0) is 117 Å². The van der Waals surface area contributed by atoms with Crippen molar-refractivity contribution in [2.45, 2.75) is 32.4 Å². The quantitative estimate of drug-likeness (QED) is 0.0571. The third-order valence-electron chi connectivity index (χ3n) is 8.47. The summed E-state index contributed by atoms with van der Waals surface area (Å²) in [5.41, 5.74) is 1.59. The molecule has 5 aromatic carbocycles. The van der Waals surface area contributed by atoms with Gasteiger partial charge < -0.3 is 41.5 Å². The van der Waals surface area contributed by atoms with E-state index in [2.05, 4.69) is 32.5 Å². The van der Waals surface area contributed by atoms with Gasteiger partial charge >= 0.3 is 5.97 Å². The monoisotopic (exact) mass is 826 g/mol. The maximum absolute atomic E-state index is 13.3. The minimum absolute atomic E-state index is 0.0252. The van der Waals surface area contributed by atoms with Gasteiger partial charge in [0.05, 0.1) is 45.1 Å². The number of aromatic hydroxyl groups is 1. The molecule has 0 saturated heterocycles. The average Bonchev–Trinajstić information content (AvgIpc) is 3.22. The summed E-state index contributed by atoms with van der Waals surface area (Å²) in [6.07, 6.45) is 4.84. The number of anilines is 4. The fourth-order valence-corrected chi connectivity index (χ4v) is 5.73. The van der Waals surface area contributed by atoms with Gasteiger partial charge in [0.2, 0.25) is 5.91 Å². The van der Waals surface area contributed by atoms with Crippen LogP contribution in [0, 0.1) is 23.7 Å². The molecule has 5 rings (SSSR count). The highest BCUT2D eigenvalue weighted by Gasteiger charge is 2.24. The van der Waals surface area contributed by atoms with Crippen LogP contribution >= 0.6 is 11.6 Å². The van der Waals surface area contributed by atoms with E-state index in [-0.39, 0.29) is 62.1 Å². The number of benzene rings is 5. The maximum Gasteiger partial charge on any atom is 0.335 e. The fraction of sp³-hybridized carbons (Fsp3) is 0.114. The summed E-state index contributed by atoms with van der Waals surface area (Å²) in [6.45, 7) is 3.37. The topological polar surface area (TPSA) is 236 Å². The molecule has 0 heterocycles. The minimum Gasteiger partial charge on any atom is -0.504 e. The van der Waals surface area contributed by atoms with Crippen LogP contribution in [0.5, 0.6) is 11.5 Å². The number of hydrogen-bond acceptors (Lipinski definition) is 9. The van der Waals surface area contributed by atoms with Crippen molar-refractivity contribution in [1.82, 2.24) is 5.32 Å². The fourth-order valence-electron chi connectivity index (χ4n) is 5.47. The number of nitrogens with zero attached hydrogens (tertiary/aromatic N) is 1. The standard InChI is InChI=1S/C44H35ClN6O9/c1-4-5-36(51-40(54)28-12-19-32(34(45)22-28)41(55)47-29-13-6-25(23-46)7-14-29)43(57)49-31-15-8-26(9-16-31)39(53)50-35-21-20-33(37(52)38(35)60-24(2)3)42(56)48-30-17-10-27(11-18-30)44(58)59/h1,6-22,24,36,52H,5H2,2-3H3,(H,47,55)(H,48,56)(H,49,57)(H,50,53)(H,51,54)(H,58,59)/t36-/m0/s1. The number of rotatable bonds is 14. The van der Waals surface area contributed by atoms with Crippen LogP contribution < -0.4 is 31.3 Å². The normalized spacial score (nSPS) is 10.9. The number of terminal acetylenes is 1. The maximum atomic E-state index is 13.3. The van der Waals surface area contributed by atoms with Gasteiger partial charge in [-0.15, -0.1) is 12.3 Å². The van der Waals surface area contributed by atoms with E-state index in [1.54, 1.807) is 38.1 Å². The van der Waals surface area contributed by atoms with E-state index >= 15 is 0 Å². The lowest BCUT2D eigenvalue weighted by Crippen LogP contribution is -2.43. The number of carbonyl (C=O) groups excluding carboxylic acids is 5. The summed E-state index contributed by atoms with van der Waals surface area (Å²) in [5, 5.41) is 42.2. The lowest BCUT2D eigenvalue weighted by Gasteiger charge is -2.18. The lowest BCUT2D eigenvalue weighted by molar-refractivity contribution is -0.117. The van der Waals surface area contributed by atoms with Gasteiger partial charge in [0, 0.05) is 34.6 Å². The number of nitrogens with one attached hydrogen (secondary N) is 5. The molecule has 5 amide bonds. The Morgan fingerprint density at radius 3 is 1.78 bits per heavy atom. The van der Waals surface area contributed by atoms with Crippen molar-refractivity contribution in [2.75, 3.05) is 21.3 Å².